The fourth-order valence-electron chi connectivity index (χ4n) is 4.01. The third-order valence-electron chi connectivity index (χ3n) is 6.40. The van der Waals surface area contributed by atoms with Crippen molar-refractivity contribution in [2.75, 3.05) is 7.11 Å². The van der Waals surface area contributed by atoms with E-state index in [-0.39, 0.29) is 0 Å². The molecule has 0 saturated carbocycles. The van der Waals surface area contributed by atoms with Crippen LogP contribution in [-0.2, 0) is 0 Å². The van der Waals surface area contributed by atoms with Crippen molar-refractivity contribution in [2.24, 2.45) is 0 Å². The van der Waals surface area contributed by atoms with Gasteiger partial charge in [-0.15, -0.1) is 0 Å². The van der Waals surface area contributed by atoms with E-state index in [2.05, 4.69) is 125 Å². The lowest BCUT2D eigenvalue weighted by atomic mass is 9.95. The van der Waals surface area contributed by atoms with Crippen molar-refractivity contribution < 1.29 is 4.74 Å². The molecule has 0 aromatic heterocycles. The van der Waals surface area contributed by atoms with Gasteiger partial charge in [0.2, 0.25) is 0 Å². The number of methoxy groups -OCH3 is 1. The average Bonchev–Trinajstić information content (AvgIpc) is 2.79. The summed E-state index contributed by atoms with van der Waals surface area (Å²) >= 11 is 6.05. The summed E-state index contributed by atoms with van der Waals surface area (Å²) in [7, 11) is 1.72. The monoisotopic (exact) mass is 494 g/mol. The summed E-state index contributed by atoms with van der Waals surface area (Å²) < 4.78 is 5.29. The first-order valence-corrected chi connectivity index (χ1v) is 13.1. The third kappa shape index (κ3) is 9.37. The molecule has 2 heteroatoms. The molecule has 0 heterocycles. The Morgan fingerprint density at radius 3 is 1.60 bits per heavy atom. The summed E-state index contributed by atoms with van der Waals surface area (Å²) in [5.74, 6) is 2.76. The topological polar surface area (TPSA) is 9.23 Å². The zero-order valence-electron chi connectivity index (χ0n) is 24.1. The smallest absolute Gasteiger partial charge is 0.122 e. The first-order valence-electron chi connectivity index (χ1n) is 12.8. The third-order valence-corrected chi connectivity index (χ3v) is 7.00. The molecule has 0 amide bonds. The van der Waals surface area contributed by atoms with E-state index in [4.69, 9.17) is 16.3 Å². The fraction of sp³-hybridized carbons (Fsp3) is 0.455. The van der Waals surface area contributed by atoms with Crippen molar-refractivity contribution in [1.82, 2.24) is 0 Å². The number of rotatable bonds is 4. The number of hydrogen-bond acceptors (Lipinski definition) is 1. The number of halogens is 1. The molecule has 0 fully saturated rings. The molecular formula is C33H47ClO. The van der Waals surface area contributed by atoms with Crippen LogP contribution in [0.4, 0.5) is 0 Å². The van der Waals surface area contributed by atoms with Gasteiger partial charge in [-0.3, -0.25) is 0 Å². The quantitative estimate of drug-likeness (QED) is 0.350. The van der Waals surface area contributed by atoms with Crippen LogP contribution in [-0.4, -0.2) is 7.11 Å². The minimum Gasteiger partial charge on any atom is -0.496 e. The van der Waals surface area contributed by atoms with E-state index >= 15 is 0 Å². The standard InChI is InChI=1S/C11H15Cl.C11H16O.C11H16/c1-7(2)10-5-8(3)11(12)9(4)6-10;1-8(2)10-6-5-9(3)7-11(10)12-4;1-8(2)11-7-5-6-9(3)10(11)4/h5-7H,1-4H3;5-8H,1-4H3;5-8H,1-4H3. The van der Waals surface area contributed by atoms with Gasteiger partial charge in [-0.25, -0.2) is 0 Å². The van der Waals surface area contributed by atoms with Crippen molar-refractivity contribution in [3.05, 3.63) is 98.1 Å². The second-order valence-electron chi connectivity index (χ2n) is 10.5. The van der Waals surface area contributed by atoms with Crippen molar-refractivity contribution in [1.29, 1.82) is 0 Å². The second-order valence-corrected chi connectivity index (χ2v) is 10.8. The molecule has 0 saturated heterocycles. The van der Waals surface area contributed by atoms with Gasteiger partial charge in [0.25, 0.3) is 0 Å². The van der Waals surface area contributed by atoms with Gasteiger partial charge in [0.1, 0.15) is 5.75 Å². The fourth-order valence-corrected chi connectivity index (χ4v) is 4.12. The van der Waals surface area contributed by atoms with Gasteiger partial charge < -0.3 is 4.74 Å². The van der Waals surface area contributed by atoms with Gasteiger partial charge in [-0.1, -0.05) is 95.6 Å². The molecule has 1 nitrogen and oxygen atoms in total. The molecule has 0 aliphatic heterocycles. The minimum atomic E-state index is 0.528. The average molecular weight is 495 g/mol. The summed E-state index contributed by atoms with van der Waals surface area (Å²) in [5, 5.41) is 0.902. The number of benzene rings is 3. The predicted octanol–water partition coefficient (Wildman–Crippen LogP) is 10.6. The number of hydrogen-bond donors (Lipinski definition) is 0. The molecule has 0 aliphatic rings. The highest BCUT2D eigenvalue weighted by atomic mass is 35.5. The summed E-state index contributed by atoms with van der Waals surface area (Å²) in [5.41, 5.74) is 10.6. The maximum Gasteiger partial charge on any atom is 0.122 e. The van der Waals surface area contributed by atoms with E-state index in [0.717, 1.165) is 10.8 Å². The Labute approximate surface area is 220 Å². The van der Waals surface area contributed by atoms with Crippen LogP contribution >= 0.6 is 11.6 Å². The predicted molar refractivity (Wildman–Crippen MR) is 157 cm³/mol. The molecule has 0 radical (unpaired) electrons. The van der Waals surface area contributed by atoms with E-state index in [1.165, 1.54) is 44.5 Å². The van der Waals surface area contributed by atoms with Crippen LogP contribution in [0.3, 0.4) is 0 Å². The molecule has 0 aliphatic carbocycles. The Bertz CT molecular complexity index is 1050. The maximum absolute atomic E-state index is 6.05. The molecule has 0 bridgehead atoms. The van der Waals surface area contributed by atoms with Gasteiger partial charge in [0, 0.05) is 5.02 Å². The first-order chi connectivity index (χ1) is 16.3. The zero-order valence-corrected chi connectivity index (χ0v) is 24.9. The Morgan fingerprint density at radius 2 is 1.17 bits per heavy atom. The van der Waals surface area contributed by atoms with Crippen LogP contribution in [0.25, 0.3) is 0 Å². The van der Waals surface area contributed by atoms with Gasteiger partial charge in [0.15, 0.2) is 0 Å². The van der Waals surface area contributed by atoms with E-state index in [0.29, 0.717) is 17.8 Å². The highest BCUT2D eigenvalue weighted by molar-refractivity contribution is 6.32. The first kappa shape index (κ1) is 30.8. The zero-order chi connectivity index (χ0) is 26.9. The van der Waals surface area contributed by atoms with Gasteiger partial charge >= 0.3 is 0 Å². The molecule has 0 spiro atoms. The highest BCUT2D eigenvalue weighted by Crippen LogP contribution is 2.27. The molecule has 3 aromatic rings. The van der Waals surface area contributed by atoms with Gasteiger partial charge in [-0.2, -0.15) is 0 Å². The molecule has 3 rings (SSSR count). The maximum atomic E-state index is 6.05. The van der Waals surface area contributed by atoms with E-state index < -0.39 is 0 Å². The highest BCUT2D eigenvalue weighted by Gasteiger charge is 2.06. The SMILES string of the molecule is COc1cc(C)ccc1C(C)C.Cc1cc(C(C)C)cc(C)c1Cl.Cc1cccc(C(C)C)c1C. The van der Waals surface area contributed by atoms with Crippen LogP contribution in [0.15, 0.2) is 48.5 Å². The van der Waals surface area contributed by atoms with Crippen molar-refractivity contribution in [3.8, 4) is 5.75 Å². The summed E-state index contributed by atoms with van der Waals surface area (Å²) in [4.78, 5) is 0. The Balaban J connectivity index is 0.000000263. The summed E-state index contributed by atoms with van der Waals surface area (Å²) in [6.07, 6.45) is 0. The molecule has 0 N–H and O–H groups in total. The molecule has 35 heavy (non-hydrogen) atoms. The molecule has 0 unspecified atom stereocenters. The lowest BCUT2D eigenvalue weighted by molar-refractivity contribution is 0.407. The Kier molecular flexibility index (Phi) is 12.6. The van der Waals surface area contributed by atoms with Gasteiger partial charge in [0.05, 0.1) is 7.11 Å². The Hall–Kier alpha value is -2.25. The lowest BCUT2D eigenvalue weighted by Crippen LogP contribution is -1.94. The normalized spacial score (nSPS) is 10.6. The second kappa shape index (κ2) is 14.3. The molecule has 192 valence electrons. The van der Waals surface area contributed by atoms with E-state index in [1.54, 1.807) is 7.11 Å². The number of ether oxygens (including phenoxy) is 1. The largest absolute Gasteiger partial charge is 0.496 e. The van der Waals surface area contributed by atoms with E-state index in [1.807, 2.05) is 0 Å². The summed E-state index contributed by atoms with van der Waals surface area (Å²) in [6.45, 7) is 23.8. The van der Waals surface area contributed by atoms with Crippen LogP contribution < -0.4 is 4.74 Å². The molecular weight excluding hydrogens is 448 g/mol. The summed E-state index contributed by atoms with van der Waals surface area (Å²) in [6, 6.07) is 17.2. The lowest BCUT2D eigenvalue weighted by Gasteiger charge is -2.11. The van der Waals surface area contributed by atoms with Gasteiger partial charge in [-0.05, 0) is 103 Å². The van der Waals surface area contributed by atoms with Crippen LogP contribution in [0.5, 0.6) is 5.75 Å². The van der Waals surface area contributed by atoms with Crippen LogP contribution in [0.2, 0.25) is 5.02 Å². The van der Waals surface area contributed by atoms with Crippen molar-refractivity contribution in [2.45, 2.75) is 93.9 Å². The van der Waals surface area contributed by atoms with Crippen molar-refractivity contribution >= 4 is 11.6 Å². The van der Waals surface area contributed by atoms with E-state index in [9.17, 15) is 0 Å². The minimum absolute atomic E-state index is 0.528. The van der Waals surface area contributed by atoms with Crippen molar-refractivity contribution in [3.63, 3.8) is 0 Å². The molecule has 0 atom stereocenters. The molecule has 3 aromatic carbocycles. The van der Waals surface area contributed by atoms with Crippen LogP contribution in [0.1, 0.15) is 104 Å². The number of aryl methyl sites for hydroxylation is 4. The Morgan fingerprint density at radius 1 is 0.629 bits per heavy atom. The van der Waals surface area contributed by atoms with Crippen LogP contribution in [0, 0.1) is 34.6 Å².